The van der Waals surface area contributed by atoms with Crippen molar-refractivity contribution in [1.29, 1.82) is 0 Å². The predicted molar refractivity (Wildman–Crippen MR) is 63.1 cm³/mol. The van der Waals surface area contributed by atoms with Gasteiger partial charge in [-0.15, -0.1) is 11.8 Å². The number of carbonyl (C=O) groups is 2. The summed E-state index contributed by atoms with van der Waals surface area (Å²) in [5.74, 6) is 0.870. The minimum Gasteiger partial charge on any atom is -0.302 e. The van der Waals surface area contributed by atoms with Crippen LogP contribution in [0.2, 0.25) is 0 Å². The lowest BCUT2D eigenvalue weighted by molar-refractivity contribution is -0.126. The SMILES string of the molecule is O=C1C2SCCN2C(=O)N1CCCCBr. The average Bonchev–Trinajstić information content (AvgIpc) is 2.77. The maximum Gasteiger partial charge on any atom is 0.328 e. The smallest absolute Gasteiger partial charge is 0.302 e. The molecule has 0 bridgehead atoms. The molecule has 0 spiro atoms. The molecule has 0 N–H and O–H groups in total. The van der Waals surface area contributed by atoms with Crippen LogP contribution in [0.1, 0.15) is 12.8 Å². The van der Waals surface area contributed by atoms with Gasteiger partial charge in [-0.1, -0.05) is 15.9 Å². The molecule has 2 rings (SSSR count). The molecule has 0 aromatic heterocycles. The van der Waals surface area contributed by atoms with Crippen LogP contribution >= 0.6 is 27.7 Å². The number of hydrogen-bond donors (Lipinski definition) is 0. The van der Waals surface area contributed by atoms with Gasteiger partial charge < -0.3 is 4.90 Å². The Kier molecular flexibility index (Phi) is 3.56. The van der Waals surface area contributed by atoms with Gasteiger partial charge in [-0.05, 0) is 12.8 Å². The first-order valence-electron chi connectivity index (χ1n) is 5.05. The summed E-state index contributed by atoms with van der Waals surface area (Å²) in [4.78, 5) is 26.7. The fourth-order valence-corrected chi connectivity index (χ4v) is 3.39. The lowest BCUT2D eigenvalue weighted by atomic mass is 10.3. The highest BCUT2D eigenvalue weighted by atomic mass is 79.9. The largest absolute Gasteiger partial charge is 0.328 e. The lowest BCUT2D eigenvalue weighted by Crippen LogP contribution is -2.34. The van der Waals surface area contributed by atoms with Gasteiger partial charge in [-0.25, -0.2) is 4.79 Å². The van der Waals surface area contributed by atoms with E-state index in [0.29, 0.717) is 6.54 Å². The van der Waals surface area contributed by atoms with Crippen LogP contribution < -0.4 is 0 Å². The molecule has 4 nitrogen and oxygen atoms in total. The number of unbranched alkanes of at least 4 members (excludes halogenated alkanes) is 1. The molecule has 2 saturated heterocycles. The zero-order valence-electron chi connectivity index (χ0n) is 8.32. The maximum absolute atomic E-state index is 11.8. The van der Waals surface area contributed by atoms with Crippen molar-refractivity contribution < 1.29 is 9.59 Å². The molecule has 1 unspecified atom stereocenters. The number of amides is 3. The second-order valence-electron chi connectivity index (χ2n) is 3.59. The summed E-state index contributed by atoms with van der Waals surface area (Å²) in [5.41, 5.74) is 0. The van der Waals surface area contributed by atoms with Crippen molar-refractivity contribution >= 4 is 39.6 Å². The Morgan fingerprint density at radius 2 is 2.20 bits per heavy atom. The number of alkyl halides is 1. The van der Waals surface area contributed by atoms with Gasteiger partial charge in [0.05, 0.1) is 0 Å². The number of urea groups is 1. The Hall–Kier alpha value is -0.230. The zero-order chi connectivity index (χ0) is 10.8. The molecular formula is C9H13BrN2O2S. The van der Waals surface area contributed by atoms with E-state index in [1.807, 2.05) is 0 Å². The van der Waals surface area contributed by atoms with Crippen LogP contribution in [0, 0.1) is 0 Å². The molecule has 6 heteroatoms. The summed E-state index contributed by atoms with van der Waals surface area (Å²) in [6.07, 6.45) is 1.88. The summed E-state index contributed by atoms with van der Waals surface area (Å²) in [7, 11) is 0. The summed E-state index contributed by atoms with van der Waals surface area (Å²) >= 11 is 4.91. The molecule has 2 heterocycles. The molecule has 0 aromatic rings. The summed E-state index contributed by atoms with van der Waals surface area (Å²) in [5, 5.41) is 0.701. The molecule has 0 aromatic carbocycles. The Morgan fingerprint density at radius 3 is 2.87 bits per heavy atom. The molecule has 2 aliphatic rings. The minimum absolute atomic E-state index is 0.0166. The second kappa shape index (κ2) is 4.74. The van der Waals surface area contributed by atoms with Crippen LogP contribution in [0.4, 0.5) is 4.79 Å². The fourth-order valence-electron chi connectivity index (χ4n) is 1.82. The molecule has 0 radical (unpaired) electrons. The van der Waals surface area contributed by atoms with Crippen LogP contribution in [0.15, 0.2) is 0 Å². The second-order valence-corrected chi connectivity index (χ2v) is 5.57. The van der Waals surface area contributed by atoms with Gasteiger partial charge in [0.15, 0.2) is 5.37 Å². The van der Waals surface area contributed by atoms with E-state index in [-0.39, 0.29) is 17.3 Å². The molecule has 2 aliphatic heterocycles. The summed E-state index contributed by atoms with van der Waals surface area (Å²) in [6.45, 7) is 1.28. The number of fused-ring (bicyclic) bond motifs is 1. The Morgan fingerprint density at radius 1 is 1.40 bits per heavy atom. The third-order valence-electron chi connectivity index (χ3n) is 2.61. The quantitative estimate of drug-likeness (QED) is 0.448. The van der Waals surface area contributed by atoms with Crippen molar-refractivity contribution in [3.63, 3.8) is 0 Å². The number of rotatable bonds is 4. The number of nitrogens with zero attached hydrogens (tertiary/aromatic N) is 2. The van der Waals surface area contributed by atoms with Gasteiger partial charge in [0.2, 0.25) is 0 Å². The van der Waals surface area contributed by atoms with E-state index in [9.17, 15) is 9.59 Å². The highest BCUT2D eigenvalue weighted by molar-refractivity contribution is 9.09. The monoisotopic (exact) mass is 292 g/mol. The van der Waals surface area contributed by atoms with Gasteiger partial charge in [0, 0.05) is 24.2 Å². The van der Waals surface area contributed by atoms with Crippen molar-refractivity contribution in [3.05, 3.63) is 0 Å². The summed E-state index contributed by atoms with van der Waals surface area (Å²) < 4.78 is 0. The van der Waals surface area contributed by atoms with Crippen LogP contribution in [0.5, 0.6) is 0 Å². The minimum atomic E-state index is -0.221. The molecule has 0 aliphatic carbocycles. The van der Waals surface area contributed by atoms with Crippen LogP contribution in [-0.4, -0.2) is 51.3 Å². The molecule has 2 fully saturated rings. The highest BCUT2D eigenvalue weighted by Gasteiger charge is 2.47. The molecule has 15 heavy (non-hydrogen) atoms. The number of halogens is 1. The van der Waals surface area contributed by atoms with E-state index in [0.717, 1.165) is 30.5 Å². The van der Waals surface area contributed by atoms with Crippen LogP contribution in [0.3, 0.4) is 0 Å². The van der Waals surface area contributed by atoms with E-state index >= 15 is 0 Å². The van der Waals surface area contributed by atoms with Crippen molar-refractivity contribution in [2.24, 2.45) is 0 Å². The highest BCUT2D eigenvalue weighted by Crippen LogP contribution is 2.31. The Labute approximate surface area is 101 Å². The van der Waals surface area contributed by atoms with E-state index in [4.69, 9.17) is 0 Å². The van der Waals surface area contributed by atoms with E-state index in [1.165, 1.54) is 4.90 Å². The van der Waals surface area contributed by atoms with Gasteiger partial charge in [0.1, 0.15) is 0 Å². The standard InChI is InChI=1S/C9H13BrN2O2S/c10-3-1-2-4-11-7(13)8-12(9(11)14)5-6-15-8/h8H,1-6H2. The van der Waals surface area contributed by atoms with Gasteiger partial charge in [0.25, 0.3) is 5.91 Å². The number of imide groups is 1. The van der Waals surface area contributed by atoms with Gasteiger partial charge >= 0.3 is 6.03 Å². The van der Waals surface area contributed by atoms with Crippen molar-refractivity contribution in [3.8, 4) is 0 Å². The Balaban J connectivity index is 1.95. The first-order chi connectivity index (χ1) is 7.25. The third-order valence-corrected chi connectivity index (χ3v) is 4.36. The van der Waals surface area contributed by atoms with E-state index < -0.39 is 0 Å². The first-order valence-corrected chi connectivity index (χ1v) is 7.22. The zero-order valence-corrected chi connectivity index (χ0v) is 10.7. The van der Waals surface area contributed by atoms with Crippen LogP contribution in [0.25, 0.3) is 0 Å². The Bertz CT molecular complexity index is 265. The first kappa shape index (κ1) is 11.3. The van der Waals surface area contributed by atoms with Crippen molar-refractivity contribution in [1.82, 2.24) is 9.80 Å². The average molecular weight is 293 g/mol. The number of carbonyl (C=O) groups excluding carboxylic acids is 2. The van der Waals surface area contributed by atoms with E-state index in [2.05, 4.69) is 15.9 Å². The van der Waals surface area contributed by atoms with Gasteiger partial charge in [-0.3, -0.25) is 9.69 Å². The molecule has 0 saturated carbocycles. The predicted octanol–water partition coefficient (Wildman–Crippen LogP) is 1.50. The molecule has 3 amide bonds. The van der Waals surface area contributed by atoms with E-state index in [1.54, 1.807) is 16.7 Å². The van der Waals surface area contributed by atoms with Crippen molar-refractivity contribution in [2.75, 3.05) is 24.2 Å². The lowest BCUT2D eigenvalue weighted by Gasteiger charge is -2.14. The fraction of sp³-hybridized carbons (Fsp3) is 0.778. The maximum atomic E-state index is 11.8. The third kappa shape index (κ3) is 2.01. The summed E-state index contributed by atoms with van der Waals surface area (Å²) in [6, 6.07) is -0.0930. The normalized spacial score (nSPS) is 25.3. The van der Waals surface area contributed by atoms with Gasteiger partial charge in [-0.2, -0.15) is 0 Å². The molecule has 1 atom stereocenters. The topological polar surface area (TPSA) is 40.6 Å². The number of hydrogen-bond acceptors (Lipinski definition) is 3. The number of thioether (sulfide) groups is 1. The molecular weight excluding hydrogens is 280 g/mol. The molecule has 84 valence electrons. The van der Waals surface area contributed by atoms with Crippen molar-refractivity contribution in [2.45, 2.75) is 18.2 Å². The van der Waals surface area contributed by atoms with Crippen LogP contribution in [-0.2, 0) is 4.79 Å².